The highest BCUT2D eigenvalue weighted by molar-refractivity contribution is 6.03. The maximum absolute atomic E-state index is 11.5. The molecule has 0 aliphatic carbocycles. The van der Waals surface area contributed by atoms with Crippen LogP contribution in [0.1, 0.15) is 16.1 Å². The Morgan fingerprint density at radius 2 is 2.07 bits per heavy atom. The first-order chi connectivity index (χ1) is 7.22. The van der Waals surface area contributed by atoms with Gasteiger partial charge < -0.3 is 4.74 Å². The Morgan fingerprint density at radius 3 is 2.80 bits per heavy atom. The molecule has 1 heterocycles. The Balaban J connectivity index is 2.71. The molecule has 0 saturated heterocycles. The molecule has 1 aromatic heterocycles. The van der Waals surface area contributed by atoms with E-state index in [-0.39, 0.29) is 5.97 Å². The zero-order valence-corrected chi connectivity index (χ0v) is 8.65. The predicted octanol–water partition coefficient (Wildman–Crippen LogP) is 2.33. The molecule has 0 saturated carbocycles. The quantitative estimate of drug-likeness (QED) is 0.665. The van der Waals surface area contributed by atoms with Crippen molar-refractivity contribution in [3.05, 3.63) is 41.6 Å². The summed E-state index contributed by atoms with van der Waals surface area (Å²) in [5.74, 6) is -0.328. The van der Waals surface area contributed by atoms with E-state index < -0.39 is 0 Å². The van der Waals surface area contributed by atoms with E-state index in [4.69, 9.17) is 4.74 Å². The van der Waals surface area contributed by atoms with Gasteiger partial charge in [-0.05, 0) is 25.1 Å². The van der Waals surface area contributed by atoms with Crippen LogP contribution < -0.4 is 0 Å². The Labute approximate surface area is 87.7 Å². The number of methoxy groups -OCH3 is 1. The van der Waals surface area contributed by atoms with Gasteiger partial charge in [-0.2, -0.15) is 0 Å². The van der Waals surface area contributed by atoms with Crippen molar-refractivity contribution in [3.8, 4) is 0 Å². The first kappa shape index (κ1) is 9.65. The van der Waals surface area contributed by atoms with E-state index in [1.54, 1.807) is 12.1 Å². The fraction of sp³-hybridized carbons (Fsp3) is 0.167. The fourth-order valence-corrected chi connectivity index (χ4v) is 1.54. The van der Waals surface area contributed by atoms with E-state index in [1.165, 1.54) is 7.11 Å². The van der Waals surface area contributed by atoms with Crippen LogP contribution in [0, 0.1) is 6.92 Å². The lowest BCUT2D eigenvalue weighted by Crippen LogP contribution is -2.02. The second-order valence-corrected chi connectivity index (χ2v) is 3.32. The van der Waals surface area contributed by atoms with Crippen LogP contribution >= 0.6 is 0 Å². The molecule has 0 bridgehead atoms. The van der Waals surface area contributed by atoms with E-state index >= 15 is 0 Å². The number of aryl methyl sites for hydroxylation is 1. The van der Waals surface area contributed by atoms with E-state index in [0.29, 0.717) is 5.56 Å². The number of hydrogen-bond acceptors (Lipinski definition) is 3. The van der Waals surface area contributed by atoms with Crippen LogP contribution in [0.5, 0.6) is 0 Å². The van der Waals surface area contributed by atoms with Gasteiger partial charge >= 0.3 is 5.97 Å². The van der Waals surface area contributed by atoms with E-state index in [9.17, 15) is 4.79 Å². The van der Waals surface area contributed by atoms with Crippen molar-refractivity contribution in [1.82, 2.24) is 4.98 Å². The van der Waals surface area contributed by atoms with Gasteiger partial charge in [-0.15, -0.1) is 0 Å². The van der Waals surface area contributed by atoms with Gasteiger partial charge in [-0.25, -0.2) is 4.79 Å². The summed E-state index contributed by atoms with van der Waals surface area (Å²) in [4.78, 5) is 15.8. The Morgan fingerprint density at radius 1 is 1.27 bits per heavy atom. The van der Waals surface area contributed by atoms with Crippen molar-refractivity contribution in [2.24, 2.45) is 0 Å². The average molecular weight is 201 g/mol. The predicted molar refractivity (Wildman–Crippen MR) is 57.8 cm³/mol. The Bertz CT molecular complexity index is 520. The van der Waals surface area contributed by atoms with Crippen molar-refractivity contribution >= 4 is 16.9 Å². The minimum atomic E-state index is -0.328. The molecule has 0 radical (unpaired) electrons. The molecule has 3 heteroatoms. The number of esters is 1. The zero-order valence-electron chi connectivity index (χ0n) is 8.65. The van der Waals surface area contributed by atoms with Crippen molar-refractivity contribution in [3.63, 3.8) is 0 Å². The first-order valence-electron chi connectivity index (χ1n) is 4.67. The lowest BCUT2D eigenvalue weighted by Gasteiger charge is -2.04. The standard InChI is InChI=1S/C12H11NO2/c1-8-6-7-9-10(12(14)15-2)4-3-5-11(9)13-8/h3-7H,1-2H3. The number of carbonyl (C=O) groups is 1. The summed E-state index contributed by atoms with van der Waals surface area (Å²) in [6.45, 7) is 1.92. The van der Waals surface area contributed by atoms with Crippen LogP contribution in [0.3, 0.4) is 0 Å². The lowest BCUT2D eigenvalue weighted by atomic mass is 10.1. The van der Waals surface area contributed by atoms with Crippen LogP contribution in [0.25, 0.3) is 10.9 Å². The number of nitrogens with zero attached hydrogens (tertiary/aromatic N) is 1. The van der Waals surface area contributed by atoms with Crippen molar-refractivity contribution in [1.29, 1.82) is 0 Å². The number of pyridine rings is 1. The fourth-order valence-electron chi connectivity index (χ4n) is 1.54. The van der Waals surface area contributed by atoms with Crippen molar-refractivity contribution in [2.75, 3.05) is 7.11 Å². The molecule has 1 aromatic carbocycles. The summed E-state index contributed by atoms with van der Waals surface area (Å²) >= 11 is 0. The largest absolute Gasteiger partial charge is 0.465 e. The highest BCUT2D eigenvalue weighted by Crippen LogP contribution is 2.18. The third-order valence-electron chi connectivity index (χ3n) is 2.28. The number of fused-ring (bicyclic) bond motifs is 1. The normalized spacial score (nSPS) is 10.3. The molecule has 2 rings (SSSR count). The summed E-state index contributed by atoms with van der Waals surface area (Å²) in [6, 6.07) is 9.21. The van der Waals surface area contributed by atoms with Gasteiger partial charge in [0.1, 0.15) is 0 Å². The van der Waals surface area contributed by atoms with Gasteiger partial charge in [-0.3, -0.25) is 4.98 Å². The number of ether oxygens (including phenoxy) is 1. The molecule has 0 unspecified atom stereocenters. The highest BCUT2D eigenvalue weighted by Gasteiger charge is 2.09. The maximum Gasteiger partial charge on any atom is 0.338 e. The number of hydrogen-bond donors (Lipinski definition) is 0. The van der Waals surface area contributed by atoms with Crippen LogP contribution in [-0.4, -0.2) is 18.1 Å². The molecular weight excluding hydrogens is 190 g/mol. The van der Waals surface area contributed by atoms with Crippen LogP contribution in [0.15, 0.2) is 30.3 Å². The van der Waals surface area contributed by atoms with Crippen molar-refractivity contribution < 1.29 is 9.53 Å². The third kappa shape index (κ3) is 1.68. The van der Waals surface area contributed by atoms with Gasteiger partial charge in [0.15, 0.2) is 0 Å². The number of benzene rings is 1. The molecule has 0 amide bonds. The summed E-state index contributed by atoms with van der Waals surface area (Å²) in [7, 11) is 1.38. The first-order valence-corrected chi connectivity index (χ1v) is 4.67. The molecule has 0 N–H and O–H groups in total. The molecule has 0 aliphatic heterocycles. The average Bonchev–Trinajstić information content (AvgIpc) is 2.26. The highest BCUT2D eigenvalue weighted by atomic mass is 16.5. The van der Waals surface area contributed by atoms with Gasteiger partial charge in [-0.1, -0.05) is 12.1 Å². The number of carbonyl (C=O) groups excluding carboxylic acids is 1. The van der Waals surface area contributed by atoms with Gasteiger partial charge in [0.2, 0.25) is 0 Å². The van der Waals surface area contributed by atoms with Gasteiger partial charge in [0, 0.05) is 11.1 Å². The second-order valence-electron chi connectivity index (χ2n) is 3.32. The van der Waals surface area contributed by atoms with Crippen LogP contribution in [0.2, 0.25) is 0 Å². The smallest absolute Gasteiger partial charge is 0.338 e. The summed E-state index contributed by atoms with van der Waals surface area (Å²) in [6.07, 6.45) is 0. The summed E-state index contributed by atoms with van der Waals surface area (Å²) < 4.78 is 4.71. The van der Waals surface area contributed by atoms with Gasteiger partial charge in [0.05, 0.1) is 18.2 Å². The molecule has 3 nitrogen and oxygen atoms in total. The molecule has 0 spiro atoms. The minimum Gasteiger partial charge on any atom is -0.465 e. The Hall–Kier alpha value is -1.90. The maximum atomic E-state index is 11.5. The lowest BCUT2D eigenvalue weighted by molar-refractivity contribution is 0.0603. The monoisotopic (exact) mass is 201 g/mol. The molecule has 0 fully saturated rings. The zero-order chi connectivity index (χ0) is 10.8. The minimum absolute atomic E-state index is 0.328. The van der Waals surface area contributed by atoms with Gasteiger partial charge in [0.25, 0.3) is 0 Å². The molecule has 2 aromatic rings. The van der Waals surface area contributed by atoms with Crippen molar-refractivity contribution in [2.45, 2.75) is 6.92 Å². The number of rotatable bonds is 1. The summed E-state index contributed by atoms with van der Waals surface area (Å²) in [5.41, 5.74) is 2.31. The Kier molecular flexibility index (Phi) is 2.37. The van der Waals surface area contributed by atoms with E-state index in [0.717, 1.165) is 16.6 Å². The molecular formula is C12H11NO2. The molecule has 0 atom stereocenters. The topological polar surface area (TPSA) is 39.2 Å². The van der Waals surface area contributed by atoms with Crippen LogP contribution in [0.4, 0.5) is 0 Å². The second kappa shape index (κ2) is 3.69. The molecule has 76 valence electrons. The van der Waals surface area contributed by atoms with Crippen LogP contribution in [-0.2, 0) is 4.74 Å². The van der Waals surface area contributed by atoms with E-state index in [2.05, 4.69) is 4.98 Å². The SMILES string of the molecule is COC(=O)c1cccc2nc(C)ccc12. The van der Waals surface area contributed by atoms with E-state index in [1.807, 2.05) is 25.1 Å². The third-order valence-corrected chi connectivity index (χ3v) is 2.28. The number of aromatic nitrogens is 1. The molecule has 15 heavy (non-hydrogen) atoms. The molecule has 0 aliphatic rings. The summed E-state index contributed by atoms with van der Waals surface area (Å²) in [5, 5.41) is 0.829.